The molecule has 5 nitrogen and oxygen atoms in total. The van der Waals surface area contributed by atoms with Crippen LogP contribution in [0.5, 0.6) is 0 Å². The molecule has 0 amide bonds. The van der Waals surface area contributed by atoms with Crippen molar-refractivity contribution in [1.82, 2.24) is 24.5 Å². The van der Waals surface area contributed by atoms with Crippen LogP contribution >= 0.6 is 12.2 Å². The van der Waals surface area contributed by atoms with Gasteiger partial charge in [0.1, 0.15) is 0 Å². The Balaban J connectivity index is 2.09. The molecule has 0 spiro atoms. The van der Waals surface area contributed by atoms with Crippen LogP contribution in [0.4, 0.5) is 0 Å². The van der Waals surface area contributed by atoms with Crippen molar-refractivity contribution in [2.45, 2.75) is 20.4 Å². The summed E-state index contributed by atoms with van der Waals surface area (Å²) in [6.45, 7) is 4.45. The van der Waals surface area contributed by atoms with E-state index in [1.807, 2.05) is 30.5 Å². The highest BCUT2D eigenvalue weighted by Gasteiger charge is 2.07. The van der Waals surface area contributed by atoms with E-state index in [1.165, 1.54) is 0 Å². The molecule has 0 bridgehead atoms. The molecule has 0 aromatic carbocycles. The third kappa shape index (κ3) is 2.26. The molecule has 6 heteroatoms. The molecule has 0 saturated heterocycles. The minimum absolute atomic E-state index is 0.572. The second kappa shape index (κ2) is 4.55. The van der Waals surface area contributed by atoms with Crippen molar-refractivity contribution in [3.05, 3.63) is 46.4 Å². The Hall–Kier alpha value is -2.08. The van der Waals surface area contributed by atoms with E-state index in [0.29, 0.717) is 11.3 Å². The molecule has 0 unspecified atom stereocenters. The van der Waals surface area contributed by atoms with Gasteiger partial charge in [-0.2, -0.15) is 0 Å². The predicted molar refractivity (Wildman–Crippen MR) is 75.5 cm³/mol. The quantitative estimate of drug-likeness (QED) is 0.728. The van der Waals surface area contributed by atoms with E-state index in [1.54, 1.807) is 12.4 Å². The maximum atomic E-state index is 5.34. The first-order valence-electron chi connectivity index (χ1n) is 5.97. The third-order valence-electron chi connectivity index (χ3n) is 2.91. The Kier molecular flexibility index (Phi) is 2.87. The Morgan fingerprint density at radius 1 is 1.16 bits per heavy atom. The predicted octanol–water partition coefficient (Wildman–Crippen LogP) is 2.55. The number of aromatic amines is 1. The van der Waals surface area contributed by atoms with Crippen molar-refractivity contribution in [2.24, 2.45) is 0 Å². The number of nitrogens with zero attached hydrogens (tertiary/aromatic N) is 4. The van der Waals surface area contributed by atoms with Crippen LogP contribution in [-0.2, 0) is 6.54 Å². The van der Waals surface area contributed by atoms with Crippen molar-refractivity contribution in [1.29, 1.82) is 0 Å². The van der Waals surface area contributed by atoms with E-state index in [2.05, 4.69) is 19.9 Å². The molecular formula is C13H13N5S. The van der Waals surface area contributed by atoms with E-state index in [-0.39, 0.29) is 0 Å². The Labute approximate surface area is 115 Å². The lowest BCUT2D eigenvalue weighted by atomic mass is 10.3. The van der Waals surface area contributed by atoms with Crippen LogP contribution in [0, 0.1) is 18.6 Å². The Morgan fingerprint density at radius 2 is 2.00 bits per heavy atom. The maximum Gasteiger partial charge on any atom is 0.179 e. The number of imidazole rings is 1. The van der Waals surface area contributed by atoms with Crippen LogP contribution in [0.25, 0.3) is 11.2 Å². The van der Waals surface area contributed by atoms with Crippen molar-refractivity contribution in [2.75, 3.05) is 0 Å². The normalized spacial score (nSPS) is 11.1. The van der Waals surface area contributed by atoms with Crippen LogP contribution in [0.1, 0.15) is 17.1 Å². The Bertz CT molecular complexity index is 785. The molecular weight excluding hydrogens is 258 g/mol. The second-order valence-electron chi connectivity index (χ2n) is 4.49. The van der Waals surface area contributed by atoms with Gasteiger partial charge in [0.15, 0.2) is 10.4 Å². The highest BCUT2D eigenvalue weighted by molar-refractivity contribution is 7.71. The van der Waals surface area contributed by atoms with Crippen molar-refractivity contribution in [3.8, 4) is 0 Å². The number of H-pyrrole nitrogens is 1. The number of rotatable bonds is 2. The van der Waals surface area contributed by atoms with Gasteiger partial charge in [0.25, 0.3) is 0 Å². The molecule has 0 fully saturated rings. The van der Waals surface area contributed by atoms with Gasteiger partial charge in [0.05, 0.1) is 29.6 Å². The van der Waals surface area contributed by atoms with Gasteiger partial charge in [-0.1, -0.05) is 0 Å². The van der Waals surface area contributed by atoms with Crippen molar-refractivity contribution >= 4 is 23.4 Å². The summed E-state index contributed by atoms with van der Waals surface area (Å²) in [5, 5.41) is 0. The van der Waals surface area contributed by atoms with Crippen LogP contribution in [-0.4, -0.2) is 24.5 Å². The van der Waals surface area contributed by atoms with Crippen LogP contribution < -0.4 is 0 Å². The zero-order valence-electron chi connectivity index (χ0n) is 10.7. The first kappa shape index (κ1) is 12.0. The fourth-order valence-corrected chi connectivity index (χ4v) is 2.20. The molecule has 19 heavy (non-hydrogen) atoms. The molecule has 3 aromatic rings. The summed E-state index contributed by atoms with van der Waals surface area (Å²) >= 11 is 5.34. The number of hydrogen-bond donors (Lipinski definition) is 1. The lowest BCUT2D eigenvalue weighted by Gasteiger charge is -2.03. The number of aromatic nitrogens is 5. The maximum absolute atomic E-state index is 5.34. The van der Waals surface area contributed by atoms with Gasteiger partial charge in [0.2, 0.25) is 0 Å². The third-order valence-corrected chi connectivity index (χ3v) is 3.23. The average molecular weight is 271 g/mol. The van der Waals surface area contributed by atoms with Crippen molar-refractivity contribution in [3.63, 3.8) is 0 Å². The molecule has 3 heterocycles. The number of nitrogens with one attached hydrogen (secondary N) is 1. The first-order chi connectivity index (χ1) is 9.13. The molecule has 3 rings (SSSR count). The van der Waals surface area contributed by atoms with Gasteiger partial charge < -0.3 is 4.98 Å². The zero-order valence-corrected chi connectivity index (χ0v) is 11.5. The van der Waals surface area contributed by atoms with Crippen LogP contribution in [0.15, 0.2) is 24.5 Å². The van der Waals surface area contributed by atoms with E-state index in [9.17, 15) is 0 Å². The molecule has 0 aliphatic rings. The highest BCUT2D eigenvalue weighted by atomic mass is 32.1. The SMILES string of the molecule is Cc1cnc(Cn2c(=S)[nH]c3ccc(C)nc32)cn1. The minimum atomic E-state index is 0.572. The summed E-state index contributed by atoms with van der Waals surface area (Å²) in [5.74, 6) is 0. The molecule has 1 N–H and O–H groups in total. The number of aryl methyl sites for hydroxylation is 2. The summed E-state index contributed by atoms with van der Waals surface area (Å²) in [6.07, 6.45) is 3.53. The monoisotopic (exact) mass is 271 g/mol. The lowest BCUT2D eigenvalue weighted by Crippen LogP contribution is -2.04. The van der Waals surface area contributed by atoms with E-state index in [4.69, 9.17) is 12.2 Å². The highest BCUT2D eigenvalue weighted by Crippen LogP contribution is 2.13. The summed E-state index contributed by atoms with van der Waals surface area (Å²) in [4.78, 5) is 16.3. The minimum Gasteiger partial charge on any atom is -0.329 e. The molecule has 96 valence electrons. The standard InChI is InChI=1S/C13H13N5S/c1-8-3-4-11-12(16-8)18(13(19)17-11)7-10-6-14-9(2)5-15-10/h3-6H,7H2,1-2H3,(H,17,19). The summed E-state index contributed by atoms with van der Waals surface area (Å²) in [5.41, 5.74) is 4.53. The average Bonchev–Trinajstić information content (AvgIpc) is 2.69. The molecule has 0 aliphatic carbocycles. The fourth-order valence-electron chi connectivity index (χ4n) is 1.93. The first-order valence-corrected chi connectivity index (χ1v) is 6.38. The van der Waals surface area contributed by atoms with E-state index in [0.717, 1.165) is 28.2 Å². The Morgan fingerprint density at radius 3 is 2.74 bits per heavy atom. The van der Waals surface area contributed by atoms with Crippen LogP contribution in [0.3, 0.4) is 0 Å². The molecule has 0 atom stereocenters. The summed E-state index contributed by atoms with van der Waals surface area (Å²) in [6, 6.07) is 3.95. The summed E-state index contributed by atoms with van der Waals surface area (Å²) < 4.78 is 2.59. The van der Waals surface area contributed by atoms with Gasteiger partial charge in [-0.3, -0.25) is 14.5 Å². The topological polar surface area (TPSA) is 59.4 Å². The zero-order chi connectivity index (χ0) is 13.4. The van der Waals surface area contributed by atoms with Crippen LogP contribution in [0.2, 0.25) is 0 Å². The van der Waals surface area contributed by atoms with E-state index < -0.39 is 0 Å². The molecule has 0 saturated carbocycles. The van der Waals surface area contributed by atoms with Gasteiger partial charge in [-0.25, -0.2) is 4.98 Å². The molecule has 0 radical (unpaired) electrons. The number of fused-ring (bicyclic) bond motifs is 1. The van der Waals surface area contributed by atoms with Crippen molar-refractivity contribution < 1.29 is 0 Å². The number of hydrogen-bond acceptors (Lipinski definition) is 4. The van der Waals surface area contributed by atoms with Gasteiger partial charge >= 0.3 is 0 Å². The smallest absolute Gasteiger partial charge is 0.179 e. The lowest BCUT2D eigenvalue weighted by molar-refractivity contribution is 0.767. The molecule has 0 aliphatic heterocycles. The van der Waals surface area contributed by atoms with Gasteiger partial charge in [-0.15, -0.1) is 0 Å². The fraction of sp³-hybridized carbons (Fsp3) is 0.231. The second-order valence-corrected chi connectivity index (χ2v) is 4.88. The molecule has 3 aromatic heterocycles. The van der Waals surface area contributed by atoms with Gasteiger partial charge in [0, 0.05) is 11.9 Å². The number of pyridine rings is 1. The largest absolute Gasteiger partial charge is 0.329 e. The summed E-state index contributed by atoms with van der Waals surface area (Å²) in [7, 11) is 0. The van der Waals surface area contributed by atoms with E-state index >= 15 is 0 Å². The van der Waals surface area contributed by atoms with Gasteiger partial charge in [-0.05, 0) is 38.2 Å².